The summed E-state index contributed by atoms with van der Waals surface area (Å²) in [6, 6.07) is 51.5. The first kappa shape index (κ1) is 35.9. The molecule has 0 bridgehead atoms. The van der Waals surface area contributed by atoms with Crippen LogP contribution in [0, 0.1) is 0 Å². The van der Waals surface area contributed by atoms with Crippen molar-refractivity contribution in [3.63, 3.8) is 0 Å². The van der Waals surface area contributed by atoms with Crippen LogP contribution < -0.4 is 16.2 Å². The van der Waals surface area contributed by atoms with Gasteiger partial charge in [0, 0.05) is 75.6 Å². The molecule has 6 heteroatoms. The standard InChI is InChI=1S/C56H42BN2O2S/c1-55(2,3)30-15-18-32(19-16-30)58-44-28-50-40(34-20-17-31(56(4,5)6)23-48(34)61-50)24-38(44)36-21-22-37-39-27-49-41(33-11-7-9-13-47(33)60-49)26-45(39)59-46-29-52-42(25-43(46)57-53(36)54(37)59)35-12-8-10-14-51(35)62-52/h7-29,58H,1-6H3. The molecule has 4 nitrogen and oxygen atoms in total. The van der Waals surface area contributed by atoms with Gasteiger partial charge in [-0.15, -0.1) is 11.3 Å². The Kier molecular flexibility index (Phi) is 7.21. The minimum absolute atomic E-state index is 0.00343. The van der Waals surface area contributed by atoms with Gasteiger partial charge in [0.05, 0.1) is 11.2 Å². The third-order valence-electron chi connectivity index (χ3n) is 13.3. The Bertz CT molecular complexity index is 3880. The van der Waals surface area contributed by atoms with E-state index in [1.165, 1.54) is 69.7 Å². The molecule has 297 valence electrons. The Labute approximate surface area is 363 Å². The molecule has 1 N–H and O–H groups in total. The summed E-state index contributed by atoms with van der Waals surface area (Å²) in [6.07, 6.45) is 0. The fraction of sp³-hybridized carbons (Fsp3) is 0.143. The first-order chi connectivity index (χ1) is 29.9. The molecule has 0 fully saturated rings. The molecule has 0 aliphatic carbocycles. The molecule has 4 aromatic heterocycles. The molecular formula is C56H42BN2O2S. The molecule has 8 aromatic carbocycles. The second-order valence-corrected chi connectivity index (χ2v) is 20.4. The van der Waals surface area contributed by atoms with Crippen LogP contribution in [0.1, 0.15) is 52.7 Å². The maximum absolute atomic E-state index is 6.73. The molecule has 13 rings (SSSR count). The quantitative estimate of drug-likeness (QED) is 0.181. The van der Waals surface area contributed by atoms with Gasteiger partial charge < -0.3 is 18.7 Å². The third kappa shape index (κ3) is 5.20. The summed E-state index contributed by atoms with van der Waals surface area (Å²) in [5.41, 5.74) is 16.5. The predicted octanol–water partition coefficient (Wildman–Crippen LogP) is 14.9. The number of hydrogen-bond donors (Lipinski definition) is 1. The van der Waals surface area contributed by atoms with Gasteiger partial charge in [-0.3, -0.25) is 0 Å². The molecule has 1 aliphatic heterocycles. The first-order valence-corrected chi connectivity index (χ1v) is 22.4. The smallest absolute Gasteiger partial charge is 0.197 e. The summed E-state index contributed by atoms with van der Waals surface area (Å²) in [5.74, 6) is 0. The van der Waals surface area contributed by atoms with Crippen molar-refractivity contribution >= 4 is 127 Å². The van der Waals surface area contributed by atoms with Gasteiger partial charge in [0.1, 0.15) is 22.3 Å². The normalized spacial score (nSPS) is 13.1. The van der Waals surface area contributed by atoms with Crippen LogP contribution in [0.3, 0.4) is 0 Å². The SMILES string of the molecule is CC(C)(C)c1ccc(Nc2cc3oc4cc(C(C)(C)C)ccc4c3cc2-c2ccc3c4cc5oc6ccccc6c5cc4n4c3c2[B]c2cc3c(cc2-4)sc2ccccc23)cc1. The van der Waals surface area contributed by atoms with E-state index in [1.807, 2.05) is 17.4 Å². The molecule has 62 heavy (non-hydrogen) atoms. The zero-order valence-corrected chi connectivity index (χ0v) is 36.3. The number of furan rings is 2. The molecular weight excluding hydrogens is 776 g/mol. The predicted molar refractivity (Wildman–Crippen MR) is 266 cm³/mol. The Morgan fingerprint density at radius 1 is 0.500 bits per heavy atom. The lowest BCUT2D eigenvalue weighted by molar-refractivity contribution is 0.587. The maximum atomic E-state index is 6.73. The van der Waals surface area contributed by atoms with E-state index in [2.05, 4.69) is 192 Å². The molecule has 0 saturated carbocycles. The van der Waals surface area contributed by atoms with Gasteiger partial charge in [0.25, 0.3) is 0 Å². The van der Waals surface area contributed by atoms with Crippen molar-refractivity contribution in [3.8, 4) is 16.8 Å². The zero-order valence-electron chi connectivity index (χ0n) is 35.5. The van der Waals surface area contributed by atoms with Crippen molar-refractivity contribution in [2.45, 2.75) is 52.4 Å². The minimum atomic E-state index is 0.00343. The summed E-state index contributed by atoms with van der Waals surface area (Å²) in [6.45, 7) is 13.5. The van der Waals surface area contributed by atoms with E-state index in [9.17, 15) is 0 Å². The second kappa shape index (κ2) is 12.4. The number of aromatic nitrogens is 1. The average Bonchev–Trinajstić information content (AvgIpc) is 4.00. The number of thiophene rings is 1. The summed E-state index contributed by atoms with van der Waals surface area (Å²) in [4.78, 5) is 0. The van der Waals surface area contributed by atoms with Gasteiger partial charge in [-0.25, -0.2) is 0 Å². The Hall–Kier alpha value is -6.76. The number of fused-ring (bicyclic) bond motifs is 14. The van der Waals surface area contributed by atoms with Crippen molar-refractivity contribution in [3.05, 3.63) is 151 Å². The maximum Gasteiger partial charge on any atom is 0.197 e. The fourth-order valence-electron chi connectivity index (χ4n) is 10.0. The number of anilines is 2. The number of nitrogens with zero attached hydrogens (tertiary/aromatic N) is 1. The van der Waals surface area contributed by atoms with Crippen molar-refractivity contribution < 1.29 is 8.83 Å². The van der Waals surface area contributed by atoms with E-state index in [0.717, 1.165) is 66.4 Å². The number of rotatable bonds is 3. The number of nitrogens with one attached hydrogen (secondary N) is 1. The molecule has 1 aliphatic rings. The molecule has 0 atom stereocenters. The highest BCUT2D eigenvalue weighted by molar-refractivity contribution is 7.25. The van der Waals surface area contributed by atoms with Gasteiger partial charge in [0.2, 0.25) is 0 Å². The third-order valence-corrected chi connectivity index (χ3v) is 14.5. The monoisotopic (exact) mass is 817 g/mol. The summed E-state index contributed by atoms with van der Waals surface area (Å²) in [7, 11) is 2.44. The highest BCUT2D eigenvalue weighted by Crippen LogP contribution is 2.44. The van der Waals surface area contributed by atoms with E-state index in [0.29, 0.717) is 0 Å². The van der Waals surface area contributed by atoms with Crippen molar-refractivity contribution in [2.75, 3.05) is 5.32 Å². The van der Waals surface area contributed by atoms with Crippen LogP contribution in [0.2, 0.25) is 0 Å². The molecule has 0 saturated heterocycles. The van der Waals surface area contributed by atoms with Crippen LogP contribution in [-0.2, 0) is 10.8 Å². The van der Waals surface area contributed by atoms with Gasteiger partial charge in [-0.2, -0.15) is 0 Å². The van der Waals surface area contributed by atoms with Crippen LogP contribution in [0.15, 0.2) is 148 Å². The van der Waals surface area contributed by atoms with E-state index < -0.39 is 0 Å². The van der Waals surface area contributed by atoms with Crippen molar-refractivity contribution in [1.82, 2.24) is 4.57 Å². The van der Waals surface area contributed by atoms with E-state index in [1.54, 1.807) is 0 Å². The zero-order chi connectivity index (χ0) is 41.8. The van der Waals surface area contributed by atoms with Crippen LogP contribution in [0.25, 0.3) is 103 Å². The molecule has 1 radical (unpaired) electrons. The highest BCUT2D eigenvalue weighted by atomic mass is 32.1. The largest absolute Gasteiger partial charge is 0.456 e. The number of benzene rings is 8. The lowest BCUT2D eigenvalue weighted by Crippen LogP contribution is -2.37. The molecule has 0 spiro atoms. The fourth-order valence-corrected chi connectivity index (χ4v) is 11.2. The molecule has 12 aromatic rings. The summed E-state index contributed by atoms with van der Waals surface area (Å²) in [5, 5.41) is 13.3. The second-order valence-electron chi connectivity index (χ2n) is 19.3. The van der Waals surface area contributed by atoms with Gasteiger partial charge >= 0.3 is 0 Å². The van der Waals surface area contributed by atoms with Crippen LogP contribution in [-0.4, -0.2) is 11.8 Å². The molecule has 5 heterocycles. The Balaban J connectivity index is 1.11. The summed E-state index contributed by atoms with van der Waals surface area (Å²) < 4.78 is 18.4. The lowest BCUT2D eigenvalue weighted by Gasteiger charge is -2.24. The number of para-hydroxylation sites is 1. The van der Waals surface area contributed by atoms with Crippen LogP contribution in [0.4, 0.5) is 11.4 Å². The van der Waals surface area contributed by atoms with E-state index in [4.69, 9.17) is 8.83 Å². The Morgan fingerprint density at radius 3 is 2.00 bits per heavy atom. The minimum Gasteiger partial charge on any atom is -0.456 e. The van der Waals surface area contributed by atoms with E-state index in [-0.39, 0.29) is 10.8 Å². The average molecular weight is 818 g/mol. The lowest BCUT2D eigenvalue weighted by atomic mass is 9.59. The topological polar surface area (TPSA) is 43.2 Å². The van der Waals surface area contributed by atoms with Crippen molar-refractivity contribution in [2.24, 2.45) is 0 Å². The van der Waals surface area contributed by atoms with E-state index >= 15 is 0 Å². The van der Waals surface area contributed by atoms with Crippen LogP contribution in [0.5, 0.6) is 0 Å². The number of hydrogen-bond acceptors (Lipinski definition) is 4. The summed E-state index contributed by atoms with van der Waals surface area (Å²) >= 11 is 1.87. The molecule has 0 unspecified atom stereocenters. The van der Waals surface area contributed by atoms with Crippen molar-refractivity contribution in [1.29, 1.82) is 0 Å². The Morgan fingerprint density at radius 2 is 1.18 bits per heavy atom. The van der Waals surface area contributed by atoms with Gasteiger partial charge in [0.15, 0.2) is 7.28 Å². The van der Waals surface area contributed by atoms with Crippen LogP contribution >= 0.6 is 11.3 Å². The first-order valence-electron chi connectivity index (χ1n) is 21.6. The highest BCUT2D eigenvalue weighted by Gasteiger charge is 2.29. The van der Waals surface area contributed by atoms with Gasteiger partial charge in [-0.05, 0) is 93.0 Å². The van der Waals surface area contributed by atoms with Gasteiger partial charge in [-0.1, -0.05) is 126 Å². The molecule has 0 amide bonds.